The lowest BCUT2D eigenvalue weighted by Crippen LogP contribution is -2.10. The Morgan fingerprint density at radius 2 is 2.00 bits per heavy atom. The van der Waals surface area contributed by atoms with E-state index >= 15 is 0 Å². The molecule has 0 bridgehead atoms. The summed E-state index contributed by atoms with van der Waals surface area (Å²) in [6, 6.07) is 8.06. The maximum absolute atomic E-state index is 6.14. The van der Waals surface area contributed by atoms with Gasteiger partial charge in [0.15, 0.2) is 8.11 Å². The molecule has 0 aromatic heterocycles. The quantitative estimate of drug-likeness (QED) is 0.554. The molecule has 1 atom stereocenters. The second kappa shape index (κ2) is 4.68. The number of halogens is 1. The number of hydrogen-bond donors (Lipinski definition) is 0. The Balaban J connectivity index is 2.98. The van der Waals surface area contributed by atoms with Gasteiger partial charge in [-0.15, -0.1) is 0 Å². The monoisotopic (exact) mass is 213 g/mol. The van der Waals surface area contributed by atoms with Crippen LogP contribution in [0.3, 0.4) is 0 Å². The second-order valence-electron chi connectivity index (χ2n) is 3.05. The van der Waals surface area contributed by atoms with Crippen molar-refractivity contribution in [1.82, 2.24) is 0 Å². The molecule has 0 aliphatic heterocycles. The SMILES string of the molecule is COc1ccccc1C(C)[Si](C)Cl. The van der Waals surface area contributed by atoms with Gasteiger partial charge in [0.2, 0.25) is 0 Å². The lowest BCUT2D eigenvalue weighted by Gasteiger charge is -2.15. The maximum atomic E-state index is 6.14. The molecule has 1 unspecified atom stereocenters. The average Bonchev–Trinajstić information content (AvgIpc) is 2.16. The molecule has 1 nitrogen and oxygen atoms in total. The smallest absolute Gasteiger partial charge is 0.169 e. The molecule has 1 aromatic carbocycles. The van der Waals surface area contributed by atoms with Crippen molar-refractivity contribution in [3.05, 3.63) is 29.8 Å². The highest BCUT2D eigenvalue weighted by Gasteiger charge is 2.17. The van der Waals surface area contributed by atoms with Gasteiger partial charge in [-0.1, -0.05) is 31.7 Å². The van der Waals surface area contributed by atoms with Crippen LogP contribution >= 0.6 is 11.1 Å². The molecule has 0 amide bonds. The number of methoxy groups -OCH3 is 1. The zero-order valence-corrected chi connectivity index (χ0v) is 9.93. The van der Waals surface area contributed by atoms with E-state index in [0.717, 1.165) is 5.75 Å². The topological polar surface area (TPSA) is 9.23 Å². The van der Waals surface area contributed by atoms with E-state index in [2.05, 4.69) is 19.5 Å². The van der Waals surface area contributed by atoms with Gasteiger partial charge in [-0.05, 0) is 17.2 Å². The van der Waals surface area contributed by atoms with Crippen molar-refractivity contribution in [3.8, 4) is 5.75 Å². The van der Waals surface area contributed by atoms with E-state index in [0.29, 0.717) is 5.54 Å². The fourth-order valence-corrected chi connectivity index (χ4v) is 2.26. The normalized spacial score (nSPS) is 13.0. The van der Waals surface area contributed by atoms with Crippen molar-refractivity contribution in [1.29, 1.82) is 0 Å². The van der Waals surface area contributed by atoms with E-state index in [1.807, 2.05) is 18.2 Å². The molecular formula is C10H14ClOSi. The number of ether oxygens (including phenoxy) is 1. The van der Waals surface area contributed by atoms with Gasteiger partial charge >= 0.3 is 0 Å². The molecule has 0 fully saturated rings. The zero-order valence-electron chi connectivity index (χ0n) is 8.17. The first-order chi connectivity index (χ1) is 6.16. The first-order valence-electron chi connectivity index (χ1n) is 4.28. The molecule has 13 heavy (non-hydrogen) atoms. The molecule has 0 saturated carbocycles. The Hall–Kier alpha value is -0.473. The minimum Gasteiger partial charge on any atom is -0.496 e. The molecule has 1 aromatic rings. The summed E-state index contributed by atoms with van der Waals surface area (Å²) >= 11 is 6.14. The highest BCUT2D eigenvalue weighted by molar-refractivity contribution is 7.06. The summed E-state index contributed by atoms with van der Waals surface area (Å²) < 4.78 is 5.27. The Labute approximate surface area is 86.0 Å². The lowest BCUT2D eigenvalue weighted by atomic mass is 10.1. The zero-order chi connectivity index (χ0) is 9.84. The number of benzene rings is 1. The van der Waals surface area contributed by atoms with Crippen LogP contribution in [-0.2, 0) is 0 Å². The average molecular weight is 214 g/mol. The Bertz CT molecular complexity index is 275. The van der Waals surface area contributed by atoms with Crippen molar-refractivity contribution in [2.45, 2.75) is 19.0 Å². The molecule has 0 aliphatic rings. The number of hydrogen-bond acceptors (Lipinski definition) is 1. The van der Waals surface area contributed by atoms with Crippen LogP contribution in [0.1, 0.15) is 18.0 Å². The van der Waals surface area contributed by atoms with Crippen molar-refractivity contribution >= 4 is 19.2 Å². The standard InChI is InChI=1S/C10H14ClOSi/c1-8(13(3)11)9-6-4-5-7-10(9)12-2/h4-8H,1-3H3. The fourth-order valence-electron chi connectivity index (χ4n) is 1.24. The van der Waals surface area contributed by atoms with E-state index in [1.54, 1.807) is 7.11 Å². The van der Waals surface area contributed by atoms with Crippen LogP contribution < -0.4 is 4.74 Å². The van der Waals surface area contributed by atoms with Gasteiger partial charge < -0.3 is 4.74 Å². The summed E-state index contributed by atoms with van der Waals surface area (Å²) in [6.07, 6.45) is 0. The second-order valence-corrected chi connectivity index (χ2v) is 6.88. The van der Waals surface area contributed by atoms with Gasteiger partial charge in [0.25, 0.3) is 0 Å². The molecule has 1 radical (unpaired) electrons. The van der Waals surface area contributed by atoms with E-state index in [-0.39, 0.29) is 0 Å². The van der Waals surface area contributed by atoms with Gasteiger partial charge in [0, 0.05) is 0 Å². The Morgan fingerprint density at radius 1 is 1.38 bits per heavy atom. The van der Waals surface area contributed by atoms with Crippen molar-refractivity contribution in [2.24, 2.45) is 0 Å². The molecule has 1 rings (SSSR count). The highest BCUT2D eigenvalue weighted by atomic mass is 35.6. The van der Waals surface area contributed by atoms with E-state index < -0.39 is 8.11 Å². The van der Waals surface area contributed by atoms with Crippen molar-refractivity contribution < 1.29 is 4.74 Å². The summed E-state index contributed by atoms with van der Waals surface area (Å²) in [6.45, 7) is 4.25. The third kappa shape index (κ3) is 2.48. The number of para-hydroxylation sites is 1. The maximum Gasteiger partial charge on any atom is 0.169 e. The summed E-state index contributed by atoms with van der Waals surface area (Å²) in [5.74, 6) is 0.944. The predicted molar refractivity (Wildman–Crippen MR) is 58.9 cm³/mol. The first-order valence-corrected chi connectivity index (χ1v) is 7.37. The highest BCUT2D eigenvalue weighted by Crippen LogP contribution is 2.28. The van der Waals surface area contributed by atoms with Crippen LogP contribution in [0, 0.1) is 0 Å². The minimum absolute atomic E-state index is 0.419. The predicted octanol–water partition coefficient (Wildman–Crippen LogP) is 3.20. The minimum atomic E-state index is -0.804. The molecule has 3 heteroatoms. The van der Waals surface area contributed by atoms with Crippen LogP contribution in [0.5, 0.6) is 5.75 Å². The summed E-state index contributed by atoms with van der Waals surface area (Å²) in [7, 11) is 0.892. The summed E-state index contributed by atoms with van der Waals surface area (Å²) in [5, 5.41) is 0. The molecule has 0 heterocycles. The van der Waals surface area contributed by atoms with Gasteiger partial charge in [0.1, 0.15) is 5.75 Å². The third-order valence-electron chi connectivity index (χ3n) is 2.20. The van der Waals surface area contributed by atoms with Gasteiger partial charge in [-0.3, -0.25) is 0 Å². The van der Waals surface area contributed by atoms with Crippen LogP contribution in [0.4, 0.5) is 0 Å². The van der Waals surface area contributed by atoms with Crippen LogP contribution in [0.15, 0.2) is 24.3 Å². The van der Waals surface area contributed by atoms with Crippen LogP contribution in [0.2, 0.25) is 6.55 Å². The van der Waals surface area contributed by atoms with E-state index in [1.165, 1.54) is 5.56 Å². The Morgan fingerprint density at radius 3 is 2.54 bits per heavy atom. The van der Waals surface area contributed by atoms with E-state index in [4.69, 9.17) is 15.8 Å². The first kappa shape index (κ1) is 10.6. The third-order valence-corrected chi connectivity index (χ3v) is 4.69. The molecular weight excluding hydrogens is 200 g/mol. The van der Waals surface area contributed by atoms with Crippen LogP contribution in [0.25, 0.3) is 0 Å². The molecule has 0 spiro atoms. The largest absolute Gasteiger partial charge is 0.496 e. The Kier molecular flexibility index (Phi) is 3.82. The summed E-state index contributed by atoms with van der Waals surface area (Å²) in [5.41, 5.74) is 1.64. The van der Waals surface area contributed by atoms with Crippen molar-refractivity contribution in [3.63, 3.8) is 0 Å². The molecule has 0 aliphatic carbocycles. The van der Waals surface area contributed by atoms with Gasteiger partial charge in [0.05, 0.1) is 7.11 Å². The van der Waals surface area contributed by atoms with Crippen molar-refractivity contribution in [2.75, 3.05) is 7.11 Å². The lowest BCUT2D eigenvalue weighted by molar-refractivity contribution is 0.409. The van der Waals surface area contributed by atoms with Gasteiger partial charge in [-0.2, -0.15) is 11.1 Å². The molecule has 0 N–H and O–H groups in total. The number of rotatable bonds is 3. The fraction of sp³-hybridized carbons (Fsp3) is 0.400. The van der Waals surface area contributed by atoms with Gasteiger partial charge in [-0.25, -0.2) is 0 Å². The molecule has 71 valence electrons. The molecule has 0 saturated heterocycles. The van der Waals surface area contributed by atoms with Crippen LogP contribution in [-0.4, -0.2) is 15.2 Å². The van der Waals surface area contributed by atoms with E-state index in [9.17, 15) is 0 Å². The summed E-state index contributed by atoms with van der Waals surface area (Å²) in [4.78, 5) is 0.